The number of thiophene rings is 1. The Morgan fingerprint density at radius 1 is 1.20 bits per heavy atom. The Balaban J connectivity index is 2.57. The zero-order chi connectivity index (χ0) is 11.1. The van der Waals surface area contributed by atoms with Crippen LogP contribution in [0.4, 0.5) is 0 Å². The monoisotopic (exact) mass is 218 g/mol. The first kappa shape index (κ1) is 11.8. The summed E-state index contributed by atoms with van der Waals surface area (Å²) in [6, 6.07) is 6.11. The SMILES string of the molecule is CCCCCCc1cc(C#N)sc1C#N. The molecule has 2 nitrogen and oxygen atoms in total. The molecule has 0 unspecified atom stereocenters. The van der Waals surface area contributed by atoms with Crippen molar-refractivity contribution in [2.45, 2.75) is 39.0 Å². The molecule has 1 aromatic heterocycles. The van der Waals surface area contributed by atoms with Crippen molar-refractivity contribution in [3.63, 3.8) is 0 Å². The highest BCUT2D eigenvalue weighted by molar-refractivity contribution is 7.13. The van der Waals surface area contributed by atoms with Gasteiger partial charge in [0.1, 0.15) is 21.9 Å². The molecule has 1 aromatic rings. The van der Waals surface area contributed by atoms with Crippen molar-refractivity contribution < 1.29 is 0 Å². The summed E-state index contributed by atoms with van der Waals surface area (Å²) in [5, 5.41) is 17.6. The molecule has 0 N–H and O–H groups in total. The van der Waals surface area contributed by atoms with Crippen molar-refractivity contribution >= 4 is 11.3 Å². The number of hydrogen-bond acceptors (Lipinski definition) is 3. The number of unbranched alkanes of at least 4 members (excludes halogenated alkanes) is 3. The Morgan fingerprint density at radius 3 is 2.60 bits per heavy atom. The molecular formula is C12H14N2S. The largest absolute Gasteiger partial charge is 0.192 e. The molecule has 0 atom stereocenters. The lowest BCUT2D eigenvalue weighted by Crippen LogP contribution is -1.85. The van der Waals surface area contributed by atoms with Gasteiger partial charge >= 0.3 is 0 Å². The summed E-state index contributed by atoms with van der Waals surface area (Å²) < 4.78 is 0. The van der Waals surface area contributed by atoms with Crippen LogP contribution in [0.5, 0.6) is 0 Å². The Kier molecular flexibility index (Phi) is 4.87. The van der Waals surface area contributed by atoms with Crippen molar-refractivity contribution in [1.29, 1.82) is 10.5 Å². The molecule has 3 heteroatoms. The Morgan fingerprint density at radius 2 is 2.00 bits per heavy atom. The van der Waals surface area contributed by atoms with Crippen LogP contribution in [-0.2, 0) is 6.42 Å². The average Bonchev–Trinajstić information content (AvgIpc) is 2.67. The highest BCUT2D eigenvalue weighted by Gasteiger charge is 2.07. The number of hydrogen-bond donors (Lipinski definition) is 0. The minimum atomic E-state index is 0.650. The van der Waals surface area contributed by atoms with Gasteiger partial charge in [0, 0.05) is 0 Å². The van der Waals surface area contributed by atoms with Crippen molar-refractivity contribution in [2.24, 2.45) is 0 Å². The van der Waals surface area contributed by atoms with E-state index in [4.69, 9.17) is 10.5 Å². The number of aryl methyl sites for hydroxylation is 1. The van der Waals surface area contributed by atoms with Crippen LogP contribution in [-0.4, -0.2) is 0 Å². The fraction of sp³-hybridized carbons (Fsp3) is 0.500. The third-order valence-electron chi connectivity index (χ3n) is 2.32. The highest BCUT2D eigenvalue weighted by atomic mass is 32.1. The second-order valence-electron chi connectivity index (χ2n) is 3.50. The van der Waals surface area contributed by atoms with E-state index in [9.17, 15) is 0 Å². The molecule has 0 spiro atoms. The molecule has 0 aliphatic rings. The van der Waals surface area contributed by atoms with E-state index in [-0.39, 0.29) is 0 Å². The quantitative estimate of drug-likeness (QED) is 0.709. The zero-order valence-corrected chi connectivity index (χ0v) is 9.73. The van der Waals surface area contributed by atoms with E-state index in [1.807, 2.05) is 6.07 Å². The third kappa shape index (κ3) is 3.38. The molecular weight excluding hydrogens is 204 g/mol. The van der Waals surface area contributed by atoms with Gasteiger partial charge in [-0.15, -0.1) is 11.3 Å². The lowest BCUT2D eigenvalue weighted by molar-refractivity contribution is 0.667. The molecule has 1 heterocycles. The summed E-state index contributed by atoms with van der Waals surface area (Å²) >= 11 is 1.30. The minimum absolute atomic E-state index is 0.650. The number of nitriles is 2. The average molecular weight is 218 g/mol. The summed E-state index contributed by atoms with van der Waals surface area (Å²) in [5.74, 6) is 0. The van der Waals surface area contributed by atoms with Gasteiger partial charge in [-0.25, -0.2) is 0 Å². The second-order valence-corrected chi connectivity index (χ2v) is 4.55. The molecule has 0 amide bonds. The molecule has 0 radical (unpaired) electrons. The first-order chi connectivity index (χ1) is 7.31. The maximum atomic E-state index is 8.88. The van der Waals surface area contributed by atoms with Gasteiger partial charge in [0.05, 0.1) is 0 Å². The molecule has 0 bridgehead atoms. The molecule has 1 rings (SSSR count). The molecule has 15 heavy (non-hydrogen) atoms. The maximum absolute atomic E-state index is 8.88. The van der Waals surface area contributed by atoms with E-state index < -0.39 is 0 Å². The summed E-state index contributed by atoms with van der Waals surface area (Å²) in [4.78, 5) is 1.36. The topological polar surface area (TPSA) is 47.6 Å². The second kappa shape index (κ2) is 6.22. The van der Waals surface area contributed by atoms with Gasteiger partial charge in [0.25, 0.3) is 0 Å². The van der Waals surface area contributed by atoms with E-state index in [0.717, 1.165) is 18.4 Å². The van der Waals surface area contributed by atoms with Gasteiger partial charge in [-0.05, 0) is 24.5 Å². The molecule has 0 fully saturated rings. The van der Waals surface area contributed by atoms with Gasteiger partial charge in [-0.2, -0.15) is 10.5 Å². The lowest BCUT2D eigenvalue weighted by Gasteiger charge is -1.97. The fourth-order valence-corrected chi connectivity index (χ4v) is 2.31. The Labute approximate surface area is 94.8 Å². The van der Waals surface area contributed by atoms with E-state index in [0.29, 0.717) is 9.75 Å². The summed E-state index contributed by atoms with van der Waals surface area (Å²) in [7, 11) is 0. The Hall–Kier alpha value is -1.32. The maximum Gasteiger partial charge on any atom is 0.110 e. The summed E-state index contributed by atoms with van der Waals surface area (Å²) in [6.45, 7) is 2.18. The van der Waals surface area contributed by atoms with E-state index in [2.05, 4.69) is 19.1 Å². The van der Waals surface area contributed by atoms with E-state index >= 15 is 0 Å². The van der Waals surface area contributed by atoms with Crippen molar-refractivity contribution in [3.8, 4) is 12.1 Å². The molecule has 0 saturated heterocycles. The van der Waals surface area contributed by atoms with Gasteiger partial charge < -0.3 is 0 Å². The lowest BCUT2D eigenvalue weighted by atomic mass is 10.1. The number of nitrogens with zero attached hydrogens (tertiary/aromatic N) is 2. The smallest absolute Gasteiger partial charge is 0.110 e. The molecule has 0 aliphatic carbocycles. The van der Waals surface area contributed by atoms with E-state index in [1.54, 1.807) is 0 Å². The predicted octanol–water partition coefficient (Wildman–Crippen LogP) is 3.61. The Bertz CT molecular complexity index is 393. The zero-order valence-electron chi connectivity index (χ0n) is 8.92. The fourth-order valence-electron chi connectivity index (χ4n) is 1.51. The van der Waals surface area contributed by atoms with Gasteiger partial charge in [-0.1, -0.05) is 26.2 Å². The highest BCUT2D eigenvalue weighted by Crippen LogP contribution is 2.22. The van der Waals surface area contributed by atoms with Gasteiger partial charge in [-0.3, -0.25) is 0 Å². The van der Waals surface area contributed by atoms with Crippen LogP contribution < -0.4 is 0 Å². The third-order valence-corrected chi connectivity index (χ3v) is 3.31. The van der Waals surface area contributed by atoms with Crippen LogP contribution in [0, 0.1) is 22.7 Å². The van der Waals surface area contributed by atoms with Crippen molar-refractivity contribution in [3.05, 3.63) is 21.4 Å². The minimum Gasteiger partial charge on any atom is -0.192 e. The van der Waals surface area contributed by atoms with Crippen LogP contribution in [0.3, 0.4) is 0 Å². The van der Waals surface area contributed by atoms with Crippen LogP contribution in [0.25, 0.3) is 0 Å². The van der Waals surface area contributed by atoms with Crippen molar-refractivity contribution in [1.82, 2.24) is 0 Å². The van der Waals surface area contributed by atoms with Crippen LogP contribution >= 0.6 is 11.3 Å². The first-order valence-corrected chi connectivity index (χ1v) is 6.06. The summed E-state index contributed by atoms with van der Waals surface area (Å²) in [6.07, 6.45) is 5.72. The van der Waals surface area contributed by atoms with Gasteiger partial charge in [0.15, 0.2) is 0 Å². The normalized spacial score (nSPS) is 9.53. The molecule has 0 saturated carbocycles. The van der Waals surface area contributed by atoms with Crippen LogP contribution in [0.1, 0.15) is 47.9 Å². The predicted molar refractivity (Wildman–Crippen MR) is 61.6 cm³/mol. The molecule has 0 aromatic carbocycles. The molecule has 0 aliphatic heterocycles. The standard InChI is InChI=1S/C12H14N2S/c1-2-3-4-5-6-10-7-11(8-13)15-12(10)9-14/h7H,2-6H2,1H3. The summed E-state index contributed by atoms with van der Waals surface area (Å²) in [5.41, 5.74) is 1.05. The van der Waals surface area contributed by atoms with Crippen LogP contribution in [0.15, 0.2) is 6.07 Å². The van der Waals surface area contributed by atoms with Crippen LogP contribution in [0.2, 0.25) is 0 Å². The number of rotatable bonds is 5. The van der Waals surface area contributed by atoms with Gasteiger partial charge in [0.2, 0.25) is 0 Å². The van der Waals surface area contributed by atoms with E-state index in [1.165, 1.54) is 30.6 Å². The first-order valence-electron chi connectivity index (χ1n) is 5.24. The van der Waals surface area contributed by atoms with Crippen molar-refractivity contribution in [2.75, 3.05) is 0 Å². The molecule has 78 valence electrons.